The molecular weight excluding hydrogens is 222 g/mol. The van der Waals surface area contributed by atoms with Crippen LogP contribution in [-0.2, 0) is 9.53 Å². The van der Waals surface area contributed by atoms with Crippen LogP contribution in [0.5, 0.6) is 0 Å². The third-order valence-electron chi connectivity index (χ3n) is 2.75. The van der Waals surface area contributed by atoms with Crippen molar-refractivity contribution in [2.75, 3.05) is 19.6 Å². The van der Waals surface area contributed by atoms with E-state index in [1.807, 2.05) is 32.6 Å². The maximum Gasteiger partial charge on any atom is 0.336 e. The van der Waals surface area contributed by atoms with E-state index >= 15 is 0 Å². The number of carboxylic acids is 1. The summed E-state index contributed by atoms with van der Waals surface area (Å²) in [5, 5.41) is 18.7. The molecule has 2 N–H and O–H groups in total. The van der Waals surface area contributed by atoms with E-state index in [1.165, 1.54) is 6.92 Å². The van der Waals surface area contributed by atoms with Crippen molar-refractivity contribution in [2.45, 2.75) is 51.4 Å². The second-order valence-corrected chi connectivity index (χ2v) is 6.35. The van der Waals surface area contributed by atoms with Crippen molar-refractivity contribution >= 4 is 5.97 Å². The van der Waals surface area contributed by atoms with Crippen LogP contribution in [0, 0.1) is 0 Å². The molecule has 1 rings (SSSR count). The third-order valence-corrected chi connectivity index (χ3v) is 2.75. The highest BCUT2D eigenvalue weighted by atomic mass is 16.5. The second-order valence-electron chi connectivity index (χ2n) is 6.35. The largest absolute Gasteiger partial charge is 0.479 e. The number of β-amino-alcohol motifs (C(OH)–C–C–N with tert-alkyl or cyclic N) is 1. The first-order valence-corrected chi connectivity index (χ1v) is 5.82. The highest BCUT2D eigenvalue weighted by molar-refractivity contribution is 5.76. The molecule has 100 valence electrons. The molecule has 0 aromatic heterocycles. The van der Waals surface area contributed by atoms with E-state index in [0.717, 1.165) is 0 Å². The number of carboxylic acid groups (broad SMARTS) is 1. The molecule has 0 spiro atoms. The normalized spacial score (nSPS) is 27.4. The summed E-state index contributed by atoms with van der Waals surface area (Å²) in [6, 6.07) is 0. The van der Waals surface area contributed by atoms with Crippen LogP contribution >= 0.6 is 0 Å². The van der Waals surface area contributed by atoms with Gasteiger partial charge in [-0.05, 0) is 34.6 Å². The van der Waals surface area contributed by atoms with Crippen LogP contribution < -0.4 is 0 Å². The monoisotopic (exact) mass is 245 g/mol. The Morgan fingerprint density at radius 2 is 1.71 bits per heavy atom. The lowest BCUT2D eigenvalue weighted by atomic mass is 9.97. The molecule has 1 fully saturated rings. The Balaban J connectivity index is 2.76. The average molecular weight is 245 g/mol. The Hall–Kier alpha value is -0.650. The fraction of sp³-hybridized carbons (Fsp3) is 0.917. The summed E-state index contributed by atoms with van der Waals surface area (Å²) >= 11 is 0. The molecule has 0 amide bonds. The maximum absolute atomic E-state index is 10.9. The Morgan fingerprint density at radius 1 is 1.29 bits per heavy atom. The summed E-state index contributed by atoms with van der Waals surface area (Å²) in [4.78, 5) is 12.9. The van der Waals surface area contributed by atoms with Crippen molar-refractivity contribution in [3.8, 4) is 0 Å². The number of ether oxygens (including phenoxy) is 1. The van der Waals surface area contributed by atoms with Gasteiger partial charge in [0, 0.05) is 19.6 Å². The van der Waals surface area contributed by atoms with Gasteiger partial charge in [-0.2, -0.15) is 0 Å². The maximum atomic E-state index is 10.9. The number of morpholine rings is 1. The van der Waals surface area contributed by atoms with Gasteiger partial charge in [0.2, 0.25) is 0 Å². The minimum Gasteiger partial charge on any atom is -0.479 e. The van der Waals surface area contributed by atoms with Gasteiger partial charge in [0.1, 0.15) is 0 Å². The fourth-order valence-corrected chi connectivity index (χ4v) is 2.56. The molecule has 1 heterocycles. The standard InChI is InChI=1S/C12H23NO4/c1-10(2)6-13(7-11(3,4)17-10)8-12(5,16)9(14)15/h16H,6-8H2,1-5H3,(H,14,15). The van der Waals surface area contributed by atoms with Crippen LogP contribution in [0.15, 0.2) is 0 Å². The molecule has 17 heavy (non-hydrogen) atoms. The van der Waals surface area contributed by atoms with Gasteiger partial charge in [-0.25, -0.2) is 4.79 Å². The SMILES string of the molecule is CC1(C)CN(CC(C)(O)C(=O)O)CC(C)(C)O1. The summed E-state index contributed by atoms with van der Waals surface area (Å²) in [5.74, 6) is -1.19. The van der Waals surface area contributed by atoms with E-state index in [1.54, 1.807) is 0 Å². The number of carbonyl (C=O) groups is 1. The molecule has 0 aromatic carbocycles. The predicted molar refractivity (Wildman–Crippen MR) is 63.9 cm³/mol. The molecule has 0 radical (unpaired) electrons. The molecule has 0 aliphatic carbocycles. The first-order valence-electron chi connectivity index (χ1n) is 5.82. The molecule has 1 saturated heterocycles. The van der Waals surface area contributed by atoms with Crippen molar-refractivity contribution in [1.82, 2.24) is 4.90 Å². The van der Waals surface area contributed by atoms with Gasteiger partial charge in [0.25, 0.3) is 0 Å². The van der Waals surface area contributed by atoms with Crippen LogP contribution in [0.4, 0.5) is 0 Å². The third kappa shape index (κ3) is 3.94. The summed E-state index contributed by atoms with van der Waals surface area (Å²) in [6.07, 6.45) is 0. The number of aliphatic carboxylic acids is 1. The van der Waals surface area contributed by atoms with Gasteiger partial charge in [-0.1, -0.05) is 0 Å². The Bertz CT molecular complexity index is 294. The fourth-order valence-electron chi connectivity index (χ4n) is 2.56. The van der Waals surface area contributed by atoms with Crippen molar-refractivity contribution in [3.63, 3.8) is 0 Å². The molecule has 1 aliphatic rings. The number of rotatable bonds is 3. The van der Waals surface area contributed by atoms with E-state index in [0.29, 0.717) is 13.1 Å². The number of aliphatic hydroxyl groups is 1. The van der Waals surface area contributed by atoms with Crippen molar-refractivity contribution < 1.29 is 19.7 Å². The van der Waals surface area contributed by atoms with Gasteiger partial charge < -0.3 is 14.9 Å². The molecular formula is C12H23NO4. The van der Waals surface area contributed by atoms with Gasteiger partial charge in [0.15, 0.2) is 5.60 Å². The molecule has 1 unspecified atom stereocenters. The smallest absolute Gasteiger partial charge is 0.336 e. The topological polar surface area (TPSA) is 70.0 Å². The van der Waals surface area contributed by atoms with Crippen LogP contribution in [0.2, 0.25) is 0 Å². The summed E-state index contributed by atoms with van der Waals surface area (Å²) in [7, 11) is 0. The van der Waals surface area contributed by atoms with Crippen LogP contribution in [0.25, 0.3) is 0 Å². The summed E-state index contributed by atoms with van der Waals surface area (Å²) in [6.45, 7) is 10.5. The average Bonchev–Trinajstić information content (AvgIpc) is 1.94. The summed E-state index contributed by atoms with van der Waals surface area (Å²) in [5.41, 5.74) is -2.39. The van der Waals surface area contributed by atoms with Gasteiger partial charge >= 0.3 is 5.97 Å². The lowest BCUT2D eigenvalue weighted by molar-refractivity contribution is -0.192. The Labute approximate surface area is 102 Å². The lowest BCUT2D eigenvalue weighted by Gasteiger charge is -2.48. The number of hydrogen-bond acceptors (Lipinski definition) is 4. The van der Waals surface area contributed by atoms with Crippen molar-refractivity contribution in [3.05, 3.63) is 0 Å². The molecule has 1 aliphatic heterocycles. The highest BCUT2D eigenvalue weighted by Gasteiger charge is 2.41. The zero-order chi connectivity index (χ0) is 13.5. The molecule has 0 saturated carbocycles. The van der Waals surface area contributed by atoms with E-state index in [-0.39, 0.29) is 17.7 Å². The Morgan fingerprint density at radius 3 is 2.06 bits per heavy atom. The van der Waals surface area contributed by atoms with Gasteiger partial charge in [-0.3, -0.25) is 4.90 Å². The first-order chi connectivity index (χ1) is 7.44. The van der Waals surface area contributed by atoms with Crippen LogP contribution in [0.1, 0.15) is 34.6 Å². The van der Waals surface area contributed by atoms with Crippen molar-refractivity contribution in [1.29, 1.82) is 0 Å². The highest BCUT2D eigenvalue weighted by Crippen LogP contribution is 2.28. The van der Waals surface area contributed by atoms with Crippen molar-refractivity contribution in [2.24, 2.45) is 0 Å². The molecule has 0 aromatic rings. The van der Waals surface area contributed by atoms with E-state index in [9.17, 15) is 9.90 Å². The molecule has 0 bridgehead atoms. The number of nitrogens with zero attached hydrogens (tertiary/aromatic N) is 1. The lowest BCUT2D eigenvalue weighted by Crippen LogP contribution is -2.60. The number of hydrogen-bond donors (Lipinski definition) is 2. The molecule has 1 atom stereocenters. The minimum absolute atomic E-state index is 0.110. The van der Waals surface area contributed by atoms with E-state index < -0.39 is 11.6 Å². The van der Waals surface area contributed by atoms with Crippen LogP contribution in [-0.4, -0.2) is 57.5 Å². The zero-order valence-corrected chi connectivity index (χ0v) is 11.3. The van der Waals surface area contributed by atoms with E-state index in [2.05, 4.69) is 0 Å². The quantitative estimate of drug-likeness (QED) is 0.766. The second kappa shape index (κ2) is 4.23. The zero-order valence-electron chi connectivity index (χ0n) is 11.3. The van der Waals surface area contributed by atoms with Gasteiger partial charge in [0.05, 0.1) is 11.2 Å². The van der Waals surface area contributed by atoms with E-state index in [4.69, 9.17) is 9.84 Å². The predicted octanol–water partition coefficient (Wildman–Crippen LogP) is 0.711. The van der Waals surface area contributed by atoms with Gasteiger partial charge in [-0.15, -0.1) is 0 Å². The summed E-state index contributed by atoms with van der Waals surface area (Å²) < 4.78 is 5.90. The molecule has 5 nitrogen and oxygen atoms in total. The molecule has 5 heteroatoms. The minimum atomic E-state index is -1.72. The first kappa shape index (κ1) is 14.4. The Kier molecular flexibility index (Phi) is 3.58. The van der Waals surface area contributed by atoms with Crippen LogP contribution in [0.3, 0.4) is 0 Å².